The average Bonchev–Trinajstić information content (AvgIpc) is 2.60. The van der Waals surface area contributed by atoms with Crippen LogP contribution >= 0.6 is 0 Å². The highest BCUT2D eigenvalue weighted by Gasteiger charge is 2.70. The molecule has 0 aromatic rings. The average molecular weight is 172 g/mol. The van der Waals surface area contributed by atoms with Crippen LogP contribution in [0, 0.1) is 5.41 Å². The van der Waals surface area contributed by atoms with Gasteiger partial charge in [-0.1, -0.05) is 20.3 Å². The minimum absolute atomic E-state index is 0.0521. The standard InChI is InChI=1S/C9H16O3/c1-3-4-8(2)7-11-6-9(8,5-10)12-7/h7,10H,3-6H2,1-2H3/t7-,8?,9+/m0/s1. The molecule has 3 nitrogen and oxygen atoms in total. The Balaban J connectivity index is 2.16. The Morgan fingerprint density at radius 1 is 1.58 bits per heavy atom. The van der Waals surface area contributed by atoms with Gasteiger partial charge in [-0.15, -0.1) is 0 Å². The molecule has 12 heavy (non-hydrogen) atoms. The second kappa shape index (κ2) is 2.44. The molecule has 0 spiro atoms. The number of rotatable bonds is 3. The lowest BCUT2D eigenvalue weighted by molar-refractivity contribution is -0.313. The fourth-order valence-corrected chi connectivity index (χ4v) is 2.38. The van der Waals surface area contributed by atoms with E-state index in [0.29, 0.717) is 6.61 Å². The summed E-state index contributed by atoms with van der Waals surface area (Å²) < 4.78 is 10.9. The molecule has 3 saturated heterocycles. The van der Waals surface area contributed by atoms with Crippen LogP contribution in [0.4, 0.5) is 0 Å². The van der Waals surface area contributed by atoms with Crippen LogP contribution in [0.15, 0.2) is 0 Å². The summed E-state index contributed by atoms with van der Waals surface area (Å²) in [6.07, 6.45) is 2.12. The van der Waals surface area contributed by atoms with E-state index in [9.17, 15) is 5.11 Å². The normalized spacial score (nSPS) is 50.8. The highest BCUT2D eigenvalue weighted by Crippen LogP contribution is 2.58. The predicted octanol–water partition coefficient (Wildman–Crippen LogP) is 0.910. The molecule has 70 valence electrons. The third-order valence-electron chi connectivity index (χ3n) is 3.39. The maximum atomic E-state index is 9.22. The van der Waals surface area contributed by atoms with Crippen molar-refractivity contribution in [1.82, 2.24) is 0 Å². The Morgan fingerprint density at radius 3 is 2.83 bits per heavy atom. The summed E-state index contributed by atoms with van der Waals surface area (Å²) in [6, 6.07) is 0. The summed E-state index contributed by atoms with van der Waals surface area (Å²) in [4.78, 5) is 0. The number of aliphatic hydroxyl groups is 1. The molecule has 3 fully saturated rings. The molecule has 3 heteroatoms. The molecule has 3 aliphatic rings. The lowest BCUT2D eigenvalue weighted by Gasteiger charge is -2.52. The highest BCUT2D eigenvalue weighted by molar-refractivity contribution is 5.11. The predicted molar refractivity (Wildman–Crippen MR) is 43.7 cm³/mol. The second-order valence-corrected chi connectivity index (χ2v) is 4.08. The van der Waals surface area contributed by atoms with Gasteiger partial charge in [0.1, 0.15) is 5.60 Å². The van der Waals surface area contributed by atoms with Crippen LogP contribution in [0.1, 0.15) is 26.7 Å². The van der Waals surface area contributed by atoms with E-state index in [4.69, 9.17) is 9.47 Å². The fourth-order valence-electron chi connectivity index (χ4n) is 2.38. The Hall–Kier alpha value is -0.120. The first-order valence-electron chi connectivity index (χ1n) is 4.59. The molecule has 3 heterocycles. The van der Waals surface area contributed by atoms with Crippen molar-refractivity contribution in [3.8, 4) is 0 Å². The maximum absolute atomic E-state index is 9.22. The van der Waals surface area contributed by atoms with Gasteiger partial charge in [-0.25, -0.2) is 0 Å². The van der Waals surface area contributed by atoms with Crippen molar-refractivity contribution >= 4 is 0 Å². The summed E-state index contributed by atoms with van der Waals surface area (Å²) >= 11 is 0. The topological polar surface area (TPSA) is 38.7 Å². The summed E-state index contributed by atoms with van der Waals surface area (Å²) in [5.41, 5.74) is -0.329. The van der Waals surface area contributed by atoms with Crippen LogP contribution in [-0.4, -0.2) is 30.2 Å². The van der Waals surface area contributed by atoms with E-state index in [-0.39, 0.29) is 23.9 Å². The molecule has 0 aliphatic carbocycles. The van der Waals surface area contributed by atoms with Gasteiger partial charge in [0.2, 0.25) is 0 Å². The van der Waals surface area contributed by atoms with Crippen molar-refractivity contribution in [2.24, 2.45) is 5.41 Å². The van der Waals surface area contributed by atoms with Crippen molar-refractivity contribution in [3.05, 3.63) is 0 Å². The molecule has 1 N–H and O–H groups in total. The van der Waals surface area contributed by atoms with Crippen molar-refractivity contribution in [3.63, 3.8) is 0 Å². The molecule has 0 radical (unpaired) electrons. The van der Waals surface area contributed by atoms with E-state index in [1.165, 1.54) is 0 Å². The number of hydrogen-bond acceptors (Lipinski definition) is 3. The van der Waals surface area contributed by atoms with Gasteiger partial charge in [0.15, 0.2) is 6.29 Å². The molecule has 3 atom stereocenters. The van der Waals surface area contributed by atoms with Gasteiger partial charge >= 0.3 is 0 Å². The maximum Gasteiger partial charge on any atom is 0.166 e. The minimum Gasteiger partial charge on any atom is -0.393 e. The van der Waals surface area contributed by atoms with E-state index < -0.39 is 0 Å². The van der Waals surface area contributed by atoms with Crippen LogP contribution in [0.25, 0.3) is 0 Å². The Bertz CT molecular complexity index is 190. The molecule has 3 rings (SSSR count). The number of aliphatic hydroxyl groups excluding tert-OH is 1. The molecular formula is C9H16O3. The van der Waals surface area contributed by atoms with E-state index in [1.807, 2.05) is 0 Å². The van der Waals surface area contributed by atoms with Gasteiger partial charge in [-0.05, 0) is 6.42 Å². The van der Waals surface area contributed by atoms with Crippen LogP contribution < -0.4 is 0 Å². The molecule has 2 bridgehead atoms. The lowest BCUT2D eigenvalue weighted by atomic mass is 9.67. The van der Waals surface area contributed by atoms with Crippen LogP contribution in [0.2, 0.25) is 0 Å². The first-order valence-corrected chi connectivity index (χ1v) is 4.59. The fraction of sp³-hybridized carbons (Fsp3) is 1.00. The van der Waals surface area contributed by atoms with Crippen molar-refractivity contribution < 1.29 is 14.6 Å². The summed E-state index contributed by atoms with van der Waals surface area (Å²) in [5, 5.41) is 9.22. The van der Waals surface area contributed by atoms with E-state index >= 15 is 0 Å². The summed E-state index contributed by atoms with van der Waals surface area (Å²) in [5.74, 6) is 0. The molecule has 0 amide bonds. The zero-order chi connectivity index (χ0) is 8.82. The van der Waals surface area contributed by atoms with E-state index in [1.54, 1.807) is 0 Å². The number of fused-ring (bicyclic) bond motifs is 1. The minimum atomic E-state index is -0.381. The molecule has 0 aromatic heterocycles. The molecule has 3 aliphatic heterocycles. The number of ether oxygens (including phenoxy) is 2. The number of hydrogen-bond donors (Lipinski definition) is 1. The zero-order valence-corrected chi connectivity index (χ0v) is 7.67. The summed E-state index contributed by atoms with van der Waals surface area (Å²) in [7, 11) is 0. The van der Waals surface area contributed by atoms with Crippen LogP contribution in [-0.2, 0) is 9.47 Å². The second-order valence-electron chi connectivity index (χ2n) is 4.08. The van der Waals surface area contributed by atoms with Crippen molar-refractivity contribution in [2.75, 3.05) is 13.2 Å². The first-order chi connectivity index (χ1) is 5.68. The van der Waals surface area contributed by atoms with Gasteiger partial charge in [-0.3, -0.25) is 0 Å². The highest BCUT2D eigenvalue weighted by atomic mass is 16.8. The van der Waals surface area contributed by atoms with Crippen molar-refractivity contribution in [1.29, 1.82) is 0 Å². The molecule has 1 unspecified atom stereocenters. The molecule has 0 aromatic carbocycles. The van der Waals surface area contributed by atoms with Gasteiger partial charge in [-0.2, -0.15) is 0 Å². The third kappa shape index (κ3) is 0.721. The Morgan fingerprint density at radius 2 is 2.33 bits per heavy atom. The monoisotopic (exact) mass is 172 g/mol. The Kier molecular flexibility index (Phi) is 1.72. The van der Waals surface area contributed by atoms with Crippen molar-refractivity contribution in [2.45, 2.75) is 38.6 Å². The van der Waals surface area contributed by atoms with Gasteiger partial charge in [0.05, 0.1) is 18.6 Å². The van der Waals surface area contributed by atoms with Gasteiger partial charge in [0, 0.05) is 0 Å². The van der Waals surface area contributed by atoms with E-state index in [2.05, 4.69) is 13.8 Å². The largest absolute Gasteiger partial charge is 0.393 e. The first kappa shape index (κ1) is 8.48. The van der Waals surface area contributed by atoms with Gasteiger partial charge < -0.3 is 14.6 Å². The zero-order valence-electron chi connectivity index (χ0n) is 7.67. The quantitative estimate of drug-likeness (QED) is 0.687. The SMILES string of the molecule is CCCC1(C)[C@H]2OC[C@@]1(CO)O2. The third-order valence-corrected chi connectivity index (χ3v) is 3.39. The Labute approximate surface area is 72.7 Å². The summed E-state index contributed by atoms with van der Waals surface area (Å²) in [6.45, 7) is 4.94. The van der Waals surface area contributed by atoms with Crippen LogP contribution in [0.5, 0.6) is 0 Å². The smallest absolute Gasteiger partial charge is 0.166 e. The molecular weight excluding hydrogens is 156 g/mol. The van der Waals surface area contributed by atoms with E-state index in [0.717, 1.165) is 12.8 Å². The lowest BCUT2D eigenvalue weighted by Crippen LogP contribution is -2.64. The van der Waals surface area contributed by atoms with Gasteiger partial charge in [0.25, 0.3) is 0 Å². The molecule has 0 saturated carbocycles. The van der Waals surface area contributed by atoms with Crippen LogP contribution in [0.3, 0.4) is 0 Å².